The predicted molar refractivity (Wildman–Crippen MR) is 70.7 cm³/mol. The van der Waals surface area contributed by atoms with Crippen LogP contribution in [-0.2, 0) is 12.8 Å². The van der Waals surface area contributed by atoms with Crippen LogP contribution >= 0.6 is 23.2 Å². The zero-order valence-corrected chi connectivity index (χ0v) is 10.8. The zero-order chi connectivity index (χ0) is 11.4. The van der Waals surface area contributed by atoms with Gasteiger partial charge in [0.05, 0.1) is 0 Å². The Hall–Kier alpha value is -0.240. The molecule has 0 unspecified atom stereocenters. The van der Waals surface area contributed by atoms with Crippen molar-refractivity contribution in [3.8, 4) is 0 Å². The first-order valence-corrected chi connectivity index (χ1v) is 6.85. The number of benzene rings is 1. The van der Waals surface area contributed by atoms with Crippen molar-refractivity contribution in [2.45, 2.75) is 18.9 Å². The lowest BCUT2D eigenvalue weighted by molar-refractivity contribution is 0.226. The van der Waals surface area contributed by atoms with Crippen LogP contribution in [0.15, 0.2) is 24.3 Å². The Bertz CT molecular complexity index is 309. The van der Waals surface area contributed by atoms with Crippen LogP contribution in [0, 0.1) is 0 Å². The summed E-state index contributed by atoms with van der Waals surface area (Å²) in [6, 6.07) is 9.29. The first-order chi connectivity index (χ1) is 7.85. The molecule has 16 heavy (non-hydrogen) atoms. The fourth-order valence-corrected chi connectivity index (χ4v) is 2.92. The summed E-state index contributed by atoms with van der Waals surface area (Å²) in [5.74, 6) is 1.37. The average molecular weight is 258 g/mol. The minimum atomic E-state index is 0.592. The summed E-state index contributed by atoms with van der Waals surface area (Å²) >= 11 is 11.7. The molecule has 1 nitrogen and oxygen atoms in total. The van der Waals surface area contributed by atoms with Gasteiger partial charge >= 0.3 is 0 Å². The molecule has 0 atom stereocenters. The van der Waals surface area contributed by atoms with Crippen molar-refractivity contribution in [3.05, 3.63) is 35.4 Å². The van der Waals surface area contributed by atoms with Crippen LogP contribution in [0.1, 0.15) is 11.1 Å². The standard InChI is InChI=1S/C13H17Cl2N/c14-5-7-16(8-6-15)13-9-11-3-1-2-4-12(11)10-13/h1-4,13H,5-10H2. The molecule has 1 aromatic carbocycles. The number of alkyl halides is 2. The fraction of sp³-hybridized carbons (Fsp3) is 0.538. The summed E-state index contributed by atoms with van der Waals surface area (Å²) in [5, 5.41) is 0. The minimum Gasteiger partial charge on any atom is -0.297 e. The predicted octanol–water partition coefficient (Wildman–Crippen LogP) is 2.93. The van der Waals surface area contributed by atoms with Gasteiger partial charge in [-0.1, -0.05) is 24.3 Å². The third-order valence-corrected chi connectivity index (χ3v) is 3.63. The van der Waals surface area contributed by atoms with Crippen LogP contribution in [0.5, 0.6) is 0 Å². The molecule has 3 heteroatoms. The SMILES string of the molecule is ClCCN(CCCl)C1Cc2ccccc2C1. The number of rotatable bonds is 5. The van der Waals surface area contributed by atoms with E-state index in [1.165, 1.54) is 11.1 Å². The van der Waals surface area contributed by atoms with Gasteiger partial charge in [0.25, 0.3) is 0 Å². The van der Waals surface area contributed by atoms with Crippen molar-refractivity contribution in [2.24, 2.45) is 0 Å². The molecule has 0 N–H and O–H groups in total. The molecule has 0 aromatic heterocycles. The highest BCUT2D eigenvalue weighted by molar-refractivity contribution is 6.18. The molecule has 0 radical (unpaired) electrons. The molecule has 0 spiro atoms. The maximum Gasteiger partial charge on any atom is 0.0351 e. The first kappa shape index (κ1) is 12.2. The van der Waals surface area contributed by atoms with E-state index in [4.69, 9.17) is 23.2 Å². The number of hydrogen-bond donors (Lipinski definition) is 0. The highest BCUT2D eigenvalue weighted by Crippen LogP contribution is 2.25. The Morgan fingerprint density at radius 1 is 1.00 bits per heavy atom. The van der Waals surface area contributed by atoms with Gasteiger partial charge in [0.2, 0.25) is 0 Å². The molecule has 1 aliphatic carbocycles. The van der Waals surface area contributed by atoms with Crippen molar-refractivity contribution in [3.63, 3.8) is 0 Å². The molecule has 0 fully saturated rings. The van der Waals surface area contributed by atoms with E-state index in [9.17, 15) is 0 Å². The van der Waals surface area contributed by atoms with Crippen molar-refractivity contribution < 1.29 is 0 Å². The van der Waals surface area contributed by atoms with E-state index in [0.717, 1.165) is 25.9 Å². The molecule has 88 valence electrons. The van der Waals surface area contributed by atoms with Crippen molar-refractivity contribution in [2.75, 3.05) is 24.8 Å². The normalized spacial score (nSPS) is 15.7. The molecule has 1 aliphatic rings. The molecule has 0 saturated heterocycles. The van der Waals surface area contributed by atoms with Gasteiger partial charge in [-0.15, -0.1) is 23.2 Å². The van der Waals surface area contributed by atoms with Gasteiger partial charge in [-0.05, 0) is 24.0 Å². The topological polar surface area (TPSA) is 3.24 Å². The summed E-state index contributed by atoms with van der Waals surface area (Å²) in [6.45, 7) is 1.87. The van der Waals surface area contributed by atoms with Crippen molar-refractivity contribution in [1.29, 1.82) is 0 Å². The van der Waals surface area contributed by atoms with Crippen LogP contribution < -0.4 is 0 Å². The molecular weight excluding hydrogens is 241 g/mol. The smallest absolute Gasteiger partial charge is 0.0351 e. The largest absolute Gasteiger partial charge is 0.297 e. The Morgan fingerprint density at radius 3 is 1.94 bits per heavy atom. The van der Waals surface area contributed by atoms with E-state index >= 15 is 0 Å². The van der Waals surface area contributed by atoms with Gasteiger partial charge in [-0.2, -0.15) is 0 Å². The molecule has 0 saturated carbocycles. The molecule has 0 bridgehead atoms. The van der Waals surface area contributed by atoms with Gasteiger partial charge in [0.15, 0.2) is 0 Å². The van der Waals surface area contributed by atoms with Crippen LogP contribution in [0.25, 0.3) is 0 Å². The first-order valence-electron chi connectivity index (χ1n) is 5.78. The lowest BCUT2D eigenvalue weighted by atomic mass is 10.1. The van der Waals surface area contributed by atoms with Crippen molar-refractivity contribution >= 4 is 23.2 Å². The minimum absolute atomic E-state index is 0.592. The molecular formula is C13H17Cl2N. The second-order valence-corrected chi connectivity index (χ2v) is 5.00. The third kappa shape index (κ3) is 2.71. The van der Waals surface area contributed by atoms with E-state index in [-0.39, 0.29) is 0 Å². The molecule has 0 aliphatic heterocycles. The van der Waals surface area contributed by atoms with E-state index in [1.807, 2.05) is 0 Å². The Kier molecular flexibility index (Phi) is 4.51. The van der Waals surface area contributed by atoms with Crippen LogP contribution in [-0.4, -0.2) is 35.8 Å². The Balaban J connectivity index is 2.02. The van der Waals surface area contributed by atoms with Gasteiger partial charge in [-0.3, -0.25) is 4.90 Å². The van der Waals surface area contributed by atoms with E-state index in [0.29, 0.717) is 17.8 Å². The summed E-state index contributed by atoms with van der Waals surface area (Å²) in [6.07, 6.45) is 2.29. The molecule has 2 rings (SSSR count). The van der Waals surface area contributed by atoms with E-state index < -0.39 is 0 Å². The van der Waals surface area contributed by atoms with E-state index in [1.54, 1.807) is 0 Å². The van der Waals surface area contributed by atoms with Crippen LogP contribution in [0.2, 0.25) is 0 Å². The van der Waals surface area contributed by atoms with Gasteiger partial charge < -0.3 is 0 Å². The van der Waals surface area contributed by atoms with Gasteiger partial charge in [-0.25, -0.2) is 0 Å². The quantitative estimate of drug-likeness (QED) is 0.734. The molecule has 0 heterocycles. The molecule has 1 aromatic rings. The monoisotopic (exact) mass is 257 g/mol. The van der Waals surface area contributed by atoms with Crippen LogP contribution in [0.4, 0.5) is 0 Å². The average Bonchev–Trinajstić information content (AvgIpc) is 2.72. The lowest BCUT2D eigenvalue weighted by Gasteiger charge is -2.27. The number of fused-ring (bicyclic) bond motifs is 1. The van der Waals surface area contributed by atoms with Crippen LogP contribution in [0.3, 0.4) is 0 Å². The van der Waals surface area contributed by atoms with E-state index in [2.05, 4.69) is 29.2 Å². The third-order valence-electron chi connectivity index (χ3n) is 3.29. The maximum atomic E-state index is 5.84. The maximum absolute atomic E-state index is 5.84. The second kappa shape index (κ2) is 5.90. The lowest BCUT2D eigenvalue weighted by Crippen LogP contribution is -2.38. The Labute approximate surface area is 107 Å². The van der Waals surface area contributed by atoms with Crippen molar-refractivity contribution in [1.82, 2.24) is 4.90 Å². The zero-order valence-electron chi connectivity index (χ0n) is 9.33. The number of nitrogens with zero attached hydrogens (tertiary/aromatic N) is 1. The summed E-state index contributed by atoms with van der Waals surface area (Å²) in [7, 11) is 0. The summed E-state index contributed by atoms with van der Waals surface area (Å²) in [4.78, 5) is 2.42. The fourth-order valence-electron chi connectivity index (χ4n) is 2.49. The molecule has 0 amide bonds. The Morgan fingerprint density at radius 2 is 1.50 bits per heavy atom. The van der Waals surface area contributed by atoms with Gasteiger partial charge in [0.1, 0.15) is 0 Å². The highest BCUT2D eigenvalue weighted by Gasteiger charge is 2.25. The highest BCUT2D eigenvalue weighted by atomic mass is 35.5. The summed E-state index contributed by atoms with van der Waals surface area (Å²) in [5.41, 5.74) is 2.98. The number of halogens is 2. The number of hydrogen-bond acceptors (Lipinski definition) is 1. The summed E-state index contributed by atoms with van der Waals surface area (Å²) < 4.78 is 0. The van der Waals surface area contributed by atoms with Gasteiger partial charge in [0, 0.05) is 30.9 Å². The second-order valence-electron chi connectivity index (χ2n) is 4.24.